The molecular weight excluding hydrogens is 426 g/mol. The maximum absolute atomic E-state index is 13.3. The maximum Gasteiger partial charge on any atom is 0.360 e. The molecule has 3 unspecified atom stereocenters. The van der Waals surface area contributed by atoms with Gasteiger partial charge in [0.1, 0.15) is 0 Å². The first kappa shape index (κ1) is 23.5. The summed E-state index contributed by atoms with van der Waals surface area (Å²) in [6.07, 6.45) is 10.6. The minimum absolute atomic E-state index is 0.0217. The van der Waals surface area contributed by atoms with Gasteiger partial charge in [0.25, 0.3) is 5.56 Å². The van der Waals surface area contributed by atoms with Gasteiger partial charge in [-0.25, -0.2) is 9.78 Å². The summed E-state index contributed by atoms with van der Waals surface area (Å²) in [6.45, 7) is 7.27. The lowest BCUT2D eigenvalue weighted by molar-refractivity contribution is -0.0347. The third kappa shape index (κ3) is 4.41. The normalized spacial score (nSPS) is 35.0. The molecule has 1 aromatic carbocycles. The van der Waals surface area contributed by atoms with E-state index in [1.165, 1.54) is 44.9 Å². The molecule has 0 amide bonds. The lowest BCUT2D eigenvalue weighted by Gasteiger charge is -2.54. The molecule has 1 saturated carbocycles. The predicted octanol–water partition coefficient (Wildman–Crippen LogP) is 5.50. The monoisotopic (exact) mass is 465 g/mol. The van der Waals surface area contributed by atoms with E-state index in [2.05, 4.69) is 30.7 Å². The number of hydrogen-bond acceptors (Lipinski definition) is 4. The van der Waals surface area contributed by atoms with Gasteiger partial charge in [-0.1, -0.05) is 39.3 Å². The highest BCUT2D eigenvalue weighted by molar-refractivity contribution is 5.88. The van der Waals surface area contributed by atoms with Crippen molar-refractivity contribution in [2.45, 2.75) is 103 Å². The summed E-state index contributed by atoms with van der Waals surface area (Å²) in [5.41, 5.74) is 0.535. The third-order valence-corrected chi connectivity index (χ3v) is 8.75. The van der Waals surface area contributed by atoms with E-state index in [1.54, 1.807) is 4.57 Å². The zero-order valence-electron chi connectivity index (χ0n) is 20.8. The summed E-state index contributed by atoms with van der Waals surface area (Å²) in [7, 11) is 0. The first-order chi connectivity index (χ1) is 16.3. The van der Waals surface area contributed by atoms with Gasteiger partial charge in [-0.15, -0.1) is 0 Å². The smallest absolute Gasteiger partial charge is 0.360 e. The van der Waals surface area contributed by atoms with Crippen LogP contribution in [-0.4, -0.2) is 43.7 Å². The van der Waals surface area contributed by atoms with Crippen LogP contribution in [0.5, 0.6) is 0 Å². The van der Waals surface area contributed by atoms with Gasteiger partial charge in [-0.05, 0) is 81.3 Å². The molecule has 2 aliphatic heterocycles. The molecule has 1 aromatic heterocycles. The second kappa shape index (κ2) is 9.44. The highest BCUT2D eigenvalue weighted by Gasteiger charge is 2.43. The first-order valence-corrected chi connectivity index (χ1v) is 13.3. The molecule has 7 atom stereocenters. The summed E-state index contributed by atoms with van der Waals surface area (Å²) >= 11 is 0. The Morgan fingerprint density at radius 2 is 1.44 bits per heavy atom. The molecule has 184 valence electrons. The predicted molar refractivity (Wildman–Crippen MR) is 134 cm³/mol. The number of aromatic nitrogens is 2. The summed E-state index contributed by atoms with van der Waals surface area (Å²) in [4.78, 5) is 32.2. The van der Waals surface area contributed by atoms with Crippen LogP contribution < -0.4 is 5.56 Å². The van der Waals surface area contributed by atoms with E-state index in [0.29, 0.717) is 23.6 Å². The van der Waals surface area contributed by atoms with Gasteiger partial charge in [0.2, 0.25) is 5.69 Å². The molecular formula is C28H39N3O3. The molecule has 3 aliphatic rings. The fraction of sp³-hybridized carbons (Fsp3) is 0.679. The van der Waals surface area contributed by atoms with Crippen LogP contribution >= 0.6 is 0 Å². The van der Waals surface area contributed by atoms with Crippen LogP contribution in [0.4, 0.5) is 0 Å². The van der Waals surface area contributed by atoms with Gasteiger partial charge in [-0.3, -0.25) is 9.69 Å². The molecule has 6 nitrogen and oxygen atoms in total. The Bertz CT molecular complexity index is 1080. The summed E-state index contributed by atoms with van der Waals surface area (Å²) in [6, 6.07) is 9.06. The van der Waals surface area contributed by atoms with Crippen molar-refractivity contribution < 1.29 is 9.90 Å². The number of para-hydroxylation sites is 2. The van der Waals surface area contributed by atoms with Crippen molar-refractivity contribution in [2.24, 2.45) is 17.8 Å². The number of nitrogens with zero attached hydrogens (tertiary/aromatic N) is 3. The number of piperidine rings is 2. The lowest BCUT2D eigenvalue weighted by atomic mass is 9.75. The minimum atomic E-state index is -1.24. The molecule has 2 saturated heterocycles. The zero-order chi connectivity index (χ0) is 24.0. The molecule has 34 heavy (non-hydrogen) atoms. The third-order valence-electron chi connectivity index (χ3n) is 8.75. The average molecular weight is 466 g/mol. The molecule has 1 aliphatic carbocycles. The van der Waals surface area contributed by atoms with Crippen LogP contribution in [0.15, 0.2) is 29.1 Å². The summed E-state index contributed by atoms with van der Waals surface area (Å²) in [5, 5.41) is 9.66. The molecule has 5 rings (SSSR count). The van der Waals surface area contributed by atoms with Crippen LogP contribution in [0, 0.1) is 17.8 Å². The van der Waals surface area contributed by atoms with Crippen LogP contribution in [0.2, 0.25) is 0 Å². The van der Waals surface area contributed by atoms with E-state index >= 15 is 0 Å². The van der Waals surface area contributed by atoms with Gasteiger partial charge in [-0.2, -0.15) is 0 Å². The van der Waals surface area contributed by atoms with Crippen molar-refractivity contribution in [1.82, 2.24) is 14.5 Å². The largest absolute Gasteiger partial charge is 0.476 e. The van der Waals surface area contributed by atoms with Crippen LogP contribution in [0.1, 0.15) is 95.1 Å². The number of fused-ring (bicyclic) bond motifs is 3. The van der Waals surface area contributed by atoms with Gasteiger partial charge in [0.05, 0.1) is 11.0 Å². The Balaban J connectivity index is 1.48. The highest BCUT2D eigenvalue weighted by Crippen LogP contribution is 2.44. The van der Waals surface area contributed by atoms with E-state index in [0.717, 1.165) is 36.1 Å². The number of carboxylic acids is 1. The van der Waals surface area contributed by atoms with Crippen molar-refractivity contribution in [3.63, 3.8) is 0 Å². The molecule has 3 fully saturated rings. The average Bonchev–Trinajstić information content (AvgIpc) is 2.76. The Morgan fingerprint density at radius 1 is 0.853 bits per heavy atom. The van der Waals surface area contributed by atoms with E-state index in [4.69, 9.17) is 0 Å². The second-order valence-corrected chi connectivity index (χ2v) is 11.7. The van der Waals surface area contributed by atoms with Gasteiger partial charge >= 0.3 is 5.97 Å². The van der Waals surface area contributed by atoms with Gasteiger partial charge < -0.3 is 9.67 Å². The fourth-order valence-electron chi connectivity index (χ4n) is 7.78. The number of aromatic carboxylic acids is 1. The number of benzene rings is 1. The van der Waals surface area contributed by atoms with Crippen LogP contribution in [0.25, 0.3) is 11.0 Å². The first-order valence-electron chi connectivity index (χ1n) is 13.3. The molecule has 2 aromatic rings. The lowest BCUT2D eigenvalue weighted by Crippen LogP contribution is -2.58. The van der Waals surface area contributed by atoms with Crippen LogP contribution in [0.3, 0.4) is 0 Å². The molecule has 0 radical (unpaired) electrons. The Kier molecular flexibility index (Phi) is 6.54. The molecule has 6 heteroatoms. The fourth-order valence-corrected chi connectivity index (χ4v) is 7.78. The van der Waals surface area contributed by atoms with E-state index in [-0.39, 0.29) is 11.7 Å². The van der Waals surface area contributed by atoms with Crippen molar-refractivity contribution in [3.8, 4) is 0 Å². The number of rotatable bonds is 3. The molecule has 2 bridgehead atoms. The van der Waals surface area contributed by atoms with Crippen LogP contribution in [-0.2, 0) is 0 Å². The summed E-state index contributed by atoms with van der Waals surface area (Å²) in [5.74, 6) is 1.06. The van der Waals surface area contributed by atoms with E-state index < -0.39 is 11.5 Å². The van der Waals surface area contributed by atoms with Crippen molar-refractivity contribution in [2.75, 3.05) is 0 Å². The van der Waals surface area contributed by atoms with Crippen molar-refractivity contribution in [1.29, 1.82) is 0 Å². The molecule has 1 N–H and O–H groups in total. The van der Waals surface area contributed by atoms with Gasteiger partial charge in [0.15, 0.2) is 0 Å². The quantitative estimate of drug-likeness (QED) is 0.647. The minimum Gasteiger partial charge on any atom is -0.476 e. The van der Waals surface area contributed by atoms with Crippen molar-refractivity contribution >= 4 is 17.0 Å². The topological polar surface area (TPSA) is 75.4 Å². The van der Waals surface area contributed by atoms with E-state index in [1.807, 2.05) is 24.3 Å². The Morgan fingerprint density at radius 3 is 2.06 bits per heavy atom. The Labute approximate surface area is 202 Å². The zero-order valence-corrected chi connectivity index (χ0v) is 20.8. The summed E-state index contributed by atoms with van der Waals surface area (Å²) < 4.78 is 1.78. The molecule has 3 heterocycles. The molecule has 0 spiro atoms. The number of carboxylic acid groups (broad SMARTS) is 1. The SMILES string of the molecule is CC1C[C@@H](C)CC(N2[C@@H]3CCC[C@H]2CC(n2c(=O)c(C(=O)O)nc4ccccc42)C3)C[C@@H](C)C1. The second-order valence-electron chi connectivity index (χ2n) is 11.7. The highest BCUT2D eigenvalue weighted by atomic mass is 16.4. The number of carbonyl (C=O) groups is 1. The van der Waals surface area contributed by atoms with E-state index in [9.17, 15) is 14.7 Å². The van der Waals surface area contributed by atoms with Crippen molar-refractivity contribution in [3.05, 3.63) is 40.3 Å². The maximum atomic E-state index is 13.3. The standard InChI is InChI=1S/C28H39N3O3/c1-17-11-18(2)13-22(14-19(3)12-17)30-20-7-6-8-21(30)16-23(15-20)31-25-10-5-4-9-24(25)29-26(27(31)32)28(33)34/h4-5,9-10,17-23H,6-8,11-16H2,1-3H3,(H,33,34)/t17?,18-,19+,20-,21+,22?,23?. The number of hydrogen-bond donors (Lipinski definition) is 1. The Hall–Kier alpha value is -2.21. The van der Waals surface area contributed by atoms with Gasteiger partial charge in [0, 0.05) is 24.2 Å².